The van der Waals surface area contributed by atoms with Crippen molar-refractivity contribution in [2.45, 2.75) is 50.5 Å². The largest absolute Gasteiger partial charge is 0.389 e. The first-order valence-corrected chi connectivity index (χ1v) is 7.52. The summed E-state index contributed by atoms with van der Waals surface area (Å²) in [5.74, 6) is -1.40. The first kappa shape index (κ1) is 16.4. The third-order valence-corrected chi connectivity index (χ3v) is 3.92. The summed E-state index contributed by atoms with van der Waals surface area (Å²) in [4.78, 5) is 23.5. The van der Waals surface area contributed by atoms with Crippen molar-refractivity contribution in [3.05, 3.63) is 35.6 Å². The summed E-state index contributed by atoms with van der Waals surface area (Å²) in [5.41, 5.74) is 3.81. The molecule has 0 saturated heterocycles. The number of benzene rings is 1. The summed E-state index contributed by atoms with van der Waals surface area (Å²) < 4.78 is 13.4. The molecule has 0 unspecified atom stereocenters. The Morgan fingerprint density at radius 3 is 2.41 bits per heavy atom. The van der Waals surface area contributed by atoms with E-state index >= 15 is 0 Å². The van der Waals surface area contributed by atoms with Gasteiger partial charge in [0.2, 0.25) is 11.8 Å². The minimum Gasteiger partial charge on any atom is -0.389 e. The number of hydrogen-bond donors (Lipinski definition) is 3. The Bertz CT molecular complexity index is 542. The lowest BCUT2D eigenvalue weighted by molar-refractivity contribution is -0.132. The first-order chi connectivity index (χ1) is 10.5. The Kier molecular flexibility index (Phi) is 5.49. The SMILES string of the molecule is O=C(Cc1ccccc1F)NNC(=O)CC1(O)CCCCC1. The molecule has 3 N–H and O–H groups in total. The molecule has 1 aliphatic rings. The lowest BCUT2D eigenvalue weighted by atomic mass is 9.82. The summed E-state index contributed by atoms with van der Waals surface area (Å²) >= 11 is 0. The van der Waals surface area contributed by atoms with Crippen LogP contribution in [0.2, 0.25) is 0 Å². The summed E-state index contributed by atoms with van der Waals surface area (Å²) in [5, 5.41) is 10.3. The minimum absolute atomic E-state index is 0.0347. The second-order valence-electron chi connectivity index (χ2n) is 5.83. The summed E-state index contributed by atoms with van der Waals surface area (Å²) in [7, 11) is 0. The Morgan fingerprint density at radius 1 is 1.09 bits per heavy atom. The molecule has 0 aliphatic heterocycles. The zero-order valence-corrected chi connectivity index (χ0v) is 12.4. The van der Waals surface area contributed by atoms with Crippen LogP contribution in [0.4, 0.5) is 4.39 Å². The number of rotatable bonds is 4. The highest BCUT2D eigenvalue weighted by atomic mass is 19.1. The average Bonchev–Trinajstić information content (AvgIpc) is 2.48. The molecule has 1 saturated carbocycles. The molecule has 2 rings (SSSR count). The quantitative estimate of drug-likeness (QED) is 0.739. The van der Waals surface area contributed by atoms with Crippen molar-refractivity contribution in [3.63, 3.8) is 0 Å². The third-order valence-electron chi connectivity index (χ3n) is 3.92. The normalized spacial score (nSPS) is 16.8. The maximum Gasteiger partial charge on any atom is 0.242 e. The monoisotopic (exact) mass is 308 g/mol. The Labute approximate surface area is 128 Å². The Hall–Kier alpha value is -1.95. The molecule has 0 atom stereocenters. The smallest absolute Gasteiger partial charge is 0.242 e. The fourth-order valence-electron chi connectivity index (χ4n) is 2.73. The maximum absolute atomic E-state index is 13.4. The number of nitrogens with one attached hydrogen (secondary N) is 2. The van der Waals surface area contributed by atoms with Gasteiger partial charge in [-0.25, -0.2) is 4.39 Å². The zero-order chi connectivity index (χ0) is 16.0. The number of hydrazine groups is 1. The maximum atomic E-state index is 13.4. The van der Waals surface area contributed by atoms with Gasteiger partial charge in [0.15, 0.2) is 0 Å². The molecule has 120 valence electrons. The van der Waals surface area contributed by atoms with Crippen LogP contribution < -0.4 is 10.9 Å². The molecule has 0 radical (unpaired) electrons. The van der Waals surface area contributed by atoms with Crippen LogP contribution in [0, 0.1) is 5.82 Å². The number of amides is 2. The van der Waals surface area contributed by atoms with E-state index in [0.717, 1.165) is 19.3 Å². The van der Waals surface area contributed by atoms with Crippen molar-refractivity contribution < 1.29 is 19.1 Å². The molecule has 1 fully saturated rings. The van der Waals surface area contributed by atoms with Crippen molar-refractivity contribution in [2.24, 2.45) is 0 Å². The predicted molar refractivity (Wildman–Crippen MR) is 79.0 cm³/mol. The number of carbonyl (C=O) groups is 2. The van der Waals surface area contributed by atoms with Crippen LogP contribution in [0.25, 0.3) is 0 Å². The molecule has 2 amide bonds. The van der Waals surface area contributed by atoms with Gasteiger partial charge in [-0.2, -0.15) is 0 Å². The minimum atomic E-state index is -0.974. The molecule has 0 aromatic heterocycles. The summed E-state index contributed by atoms with van der Waals surface area (Å²) in [6, 6.07) is 5.98. The van der Waals surface area contributed by atoms with Crippen molar-refractivity contribution in [1.29, 1.82) is 0 Å². The van der Waals surface area contributed by atoms with Crippen molar-refractivity contribution in [3.8, 4) is 0 Å². The van der Waals surface area contributed by atoms with Gasteiger partial charge in [-0.05, 0) is 24.5 Å². The Balaban J connectivity index is 1.76. The van der Waals surface area contributed by atoms with Crippen LogP contribution in [0.5, 0.6) is 0 Å². The van der Waals surface area contributed by atoms with Gasteiger partial charge in [0, 0.05) is 0 Å². The molecule has 1 aromatic rings. The molecule has 5 nitrogen and oxygen atoms in total. The summed E-state index contributed by atoms with van der Waals surface area (Å²) in [6.45, 7) is 0. The second-order valence-corrected chi connectivity index (χ2v) is 5.83. The molecular weight excluding hydrogens is 287 g/mol. The van der Waals surface area contributed by atoms with Crippen molar-refractivity contribution >= 4 is 11.8 Å². The lowest BCUT2D eigenvalue weighted by Crippen LogP contribution is -2.46. The van der Waals surface area contributed by atoms with Crippen LogP contribution in [-0.2, 0) is 16.0 Å². The van der Waals surface area contributed by atoms with E-state index in [0.29, 0.717) is 12.8 Å². The predicted octanol–water partition coefficient (Wildman–Crippen LogP) is 1.60. The van der Waals surface area contributed by atoms with E-state index in [1.807, 2.05) is 0 Å². The van der Waals surface area contributed by atoms with E-state index in [9.17, 15) is 19.1 Å². The molecule has 6 heteroatoms. The van der Waals surface area contributed by atoms with Crippen LogP contribution in [-0.4, -0.2) is 22.5 Å². The first-order valence-electron chi connectivity index (χ1n) is 7.52. The highest BCUT2D eigenvalue weighted by Crippen LogP contribution is 2.30. The van der Waals surface area contributed by atoms with Crippen molar-refractivity contribution in [1.82, 2.24) is 10.9 Å². The van der Waals surface area contributed by atoms with Gasteiger partial charge in [0.25, 0.3) is 0 Å². The van der Waals surface area contributed by atoms with E-state index in [1.54, 1.807) is 12.1 Å². The second kappa shape index (κ2) is 7.35. The van der Waals surface area contributed by atoms with E-state index < -0.39 is 23.2 Å². The molecular formula is C16H21FN2O3. The van der Waals surface area contributed by atoms with Crippen molar-refractivity contribution in [2.75, 3.05) is 0 Å². The van der Waals surface area contributed by atoms with Crippen LogP contribution in [0.3, 0.4) is 0 Å². The van der Waals surface area contributed by atoms with E-state index in [-0.39, 0.29) is 18.4 Å². The molecule has 1 aliphatic carbocycles. The molecule has 1 aromatic carbocycles. The van der Waals surface area contributed by atoms with Gasteiger partial charge in [-0.3, -0.25) is 20.4 Å². The summed E-state index contributed by atoms with van der Waals surface area (Å²) in [6.07, 6.45) is 3.90. The fourth-order valence-corrected chi connectivity index (χ4v) is 2.73. The topological polar surface area (TPSA) is 78.4 Å². The molecule has 0 bridgehead atoms. The van der Waals surface area contributed by atoms with Gasteiger partial charge in [-0.1, -0.05) is 37.5 Å². The number of hydrogen-bond acceptors (Lipinski definition) is 3. The molecule has 0 heterocycles. The number of halogens is 1. The average molecular weight is 308 g/mol. The fraction of sp³-hybridized carbons (Fsp3) is 0.500. The standard InChI is InChI=1S/C16H21FN2O3/c17-13-7-3-2-6-12(13)10-14(20)18-19-15(21)11-16(22)8-4-1-5-9-16/h2-3,6-7,22H,1,4-5,8-11H2,(H,18,20)(H,19,21). The molecule has 22 heavy (non-hydrogen) atoms. The van der Waals surface area contributed by atoms with Gasteiger partial charge >= 0.3 is 0 Å². The van der Waals surface area contributed by atoms with Crippen LogP contribution >= 0.6 is 0 Å². The van der Waals surface area contributed by atoms with Crippen LogP contribution in [0.1, 0.15) is 44.1 Å². The van der Waals surface area contributed by atoms with Gasteiger partial charge in [0.05, 0.1) is 18.4 Å². The van der Waals surface area contributed by atoms with Gasteiger partial charge in [-0.15, -0.1) is 0 Å². The molecule has 0 spiro atoms. The van der Waals surface area contributed by atoms with E-state index in [1.165, 1.54) is 12.1 Å². The zero-order valence-electron chi connectivity index (χ0n) is 12.4. The highest BCUT2D eigenvalue weighted by Gasteiger charge is 2.31. The Morgan fingerprint density at radius 2 is 1.73 bits per heavy atom. The van der Waals surface area contributed by atoms with E-state index in [4.69, 9.17) is 0 Å². The number of carbonyl (C=O) groups excluding carboxylic acids is 2. The number of aliphatic hydroxyl groups is 1. The van der Waals surface area contributed by atoms with E-state index in [2.05, 4.69) is 10.9 Å². The van der Waals surface area contributed by atoms with Gasteiger partial charge in [0.1, 0.15) is 5.82 Å². The third kappa shape index (κ3) is 4.80. The van der Waals surface area contributed by atoms with Gasteiger partial charge < -0.3 is 5.11 Å². The lowest BCUT2D eigenvalue weighted by Gasteiger charge is -2.31. The van der Waals surface area contributed by atoms with Crippen LogP contribution in [0.15, 0.2) is 24.3 Å². The highest BCUT2D eigenvalue weighted by molar-refractivity contribution is 5.83.